The van der Waals surface area contributed by atoms with Gasteiger partial charge in [-0.3, -0.25) is 0 Å². The van der Waals surface area contributed by atoms with Gasteiger partial charge in [0, 0.05) is 39.3 Å². The molecule has 0 spiro atoms. The highest BCUT2D eigenvalue weighted by Gasteiger charge is 2.26. The molecule has 0 radical (unpaired) electrons. The maximum Gasteiger partial charge on any atom is 0.231 e. The van der Waals surface area contributed by atoms with Crippen molar-refractivity contribution in [2.75, 3.05) is 54.0 Å². The highest BCUT2D eigenvalue weighted by Crippen LogP contribution is 2.32. The van der Waals surface area contributed by atoms with Crippen LogP contribution in [0.3, 0.4) is 0 Å². The number of phenols is 1. The fraction of sp³-hybridized carbons (Fsp3) is 0.625. The third kappa shape index (κ3) is 4.70. The van der Waals surface area contributed by atoms with Gasteiger partial charge in [-0.05, 0) is 75.0 Å². The van der Waals surface area contributed by atoms with Crippen LogP contribution >= 0.6 is 0 Å². The fourth-order valence-electron chi connectivity index (χ4n) is 5.15. The molecule has 0 saturated carbocycles. The number of rotatable bonds is 4. The highest BCUT2D eigenvalue weighted by molar-refractivity contribution is 5.47. The van der Waals surface area contributed by atoms with Gasteiger partial charge in [-0.1, -0.05) is 12.1 Å². The molecular formula is C24H34N6O. The average molecular weight is 423 g/mol. The number of nitrogens with zero attached hydrogens (tertiary/aromatic N) is 6. The Balaban J connectivity index is 1.36. The molecule has 7 nitrogen and oxygen atoms in total. The van der Waals surface area contributed by atoms with E-state index in [0.29, 0.717) is 11.7 Å². The molecule has 0 bridgehead atoms. The first-order valence-electron chi connectivity index (χ1n) is 12.1. The summed E-state index contributed by atoms with van der Waals surface area (Å²) in [5.41, 5.74) is 1.23. The van der Waals surface area contributed by atoms with E-state index >= 15 is 0 Å². The van der Waals surface area contributed by atoms with Gasteiger partial charge in [-0.15, -0.1) is 0 Å². The zero-order valence-corrected chi connectivity index (χ0v) is 18.4. The normalized spacial score (nSPS) is 20.8. The minimum absolute atomic E-state index is 0.356. The third-order valence-electron chi connectivity index (χ3n) is 7.00. The van der Waals surface area contributed by atoms with E-state index in [2.05, 4.69) is 20.8 Å². The lowest BCUT2D eigenvalue weighted by Gasteiger charge is -2.34. The van der Waals surface area contributed by atoms with Crippen molar-refractivity contribution in [1.82, 2.24) is 15.0 Å². The van der Waals surface area contributed by atoms with Gasteiger partial charge in [-0.2, -0.15) is 15.0 Å². The van der Waals surface area contributed by atoms with Crippen molar-refractivity contribution >= 4 is 17.8 Å². The molecule has 7 heteroatoms. The molecular weight excluding hydrogens is 388 g/mol. The third-order valence-corrected chi connectivity index (χ3v) is 7.00. The van der Waals surface area contributed by atoms with Crippen LogP contribution in [0.15, 0.2) is 24.3 Å². The van der Waals surface area contributed by atoms with Gasteiger partial charge in [0.25, 0.3) is 0 Å². The molecule has 1 aromatic heterocycles. The number of benzene rings is 1. The van der Waals surface area contributed by atoms with Crippen molar-refractivity contribution in [2.24, 2.45) is 0 Å². The van der Waals surface area contributed by atoms with Crippen LogP contribution in [0.4, 0.5) is 17.8 Å². The molecule has 3 aliphatic rings. The van der Waals surface area contributed by atoms with Crippen LogP contribution in [0.2, 0.25) is 0 Å². The molecule has 2 aromatic rings. The summed E-state index contributed by atoms with van der Waals surface area (Å²) in [5.74, 6) is 3.40. The molecule has 3 saturated heterocycles. The Hall–Kier alpha value is -2.57. The predicted molar refractivity (Wildman–Crippen MR) is 124 cm³/mol. The molecule has 1 aromatic carbocycles. The molecule has 0 atom stereocenters. The van der Waals surface area contributed by atoms with Crippen molar-refractivity contribution in [3.63, 3.8) is 0 Å². The SMILES string of the molecule is Oc1cccc(C2CCN(c3nc(N4CCCCC4)nc(N4CCCCC4)n3)CC2)c1. The molecule has 1 N–H and O–H groups in total. The summed E-state index contributed by atoms with van der Waals surface area (Å²) in [4.78, 5) is 21.9. The van der Waals surface area contributed by atoms with Crippen molar-refractivity contribution in [1.29, 1.82) is 0 Å². The zero-order valence-electron chi connectivity index (χ0n) is 18.4. The standard InChI is InChI=1S/C24H34N6O/c31-21-9-7-8-20(18-21)19-10-16-30(17-11-19)24-26-22(28-12-3-1-4-13-28)25-23(27-24)29-14-5-2-6-15-29/h7-9,18-19,31H,1-6,10-17H2. The summed E-state index contributed by atoms with van der Waals surface area (Å²) >= 11 is 0. The zero-order chi connectivity index (χ0) is 21.0. The molecule has 3 fully saturated rings. The van der Waals surface area contributed by atoms with E-state index in [1.807, 2.05) is 12.1 Å². The second kappa shape index (κ2) is 9.28. The fourth-order valence-corrected chi connectivity index (χ4v) is 5.15. The number of phenolic OH excluding ortho intramolecular Hbond substituents is 1. The Kier molecular flexibility index (Phi) is 6.09. The van der Waals surface area contributed by atoms with Crippen LogP contribution in [0, 0.1) is 0 Å². The quantitative estimate of drug-likeness (QED) is 0.800. The minimum Gasteiger partial charge on any atom is -0.508 e. The van der Waals surface area contributed by atoms with Crippen LogP contribution in [0.1, 0.15) is 62.8 Å². The molecule has 0 aliphatic carbocycles. The first-order valence-corrected chi connectivity index (χ1v) is 12.1. The van der Waals surface area contributed by atoms with E-state index in [0.717, 1.165) is 70.0 Å². The topological polar surface area (TPSA) is 68.6 Å². The Labute approximate surface area is 185 Å². The van der Waals surface area contributed by atoms with Gasteiger partial charge in [0.05, 0.1) is 0 Å². The molecule has 166 valence electrons. The maximum absolute atomic E-state index is 9.84. The number of anilines is 3. The Morgan fingerprint density at radius 2 is 1.13 bits per heavy atom. The average Bonchev–Trinajstić information content (AvgIpc) is 2.85. The lowest BCUT2D eigenvalue weighted by Crippen LogP contribution is -2.38. The Bertz CT molecular complexity index is 834. The van der Waals surface area contributed by atoms with E-state index in [-0.39, 0.29) is 0 Å². The molecule has 0 unspecified atom stereocenters. The summed E-state index contributed by atoms with van der Waals surface area (Å²) < 4.78 is 0. The predicted octanol–water partition coefficient (Wildman–Crippen LogP) is 3.94. The van der Waals surface area contributed by atoms with Crippen LogP contribution in [0.25, 0.3) is 0 Å². The van der Waals surface area contributed by atoms with Crippen molar-refractivity contribution < 1.29 is 5.11 Å². The number of aromatic nitrogens is 3. The summed E-state index contributed by atoms with van der Waals surface area (Å²) in [5, 5.41) is 9.84. The van der Waals surface area contributed by atoms with Gasteiger partial charge in [0.1, 0.15) is 5.75 Å². The Morgan fingerprint density at radius 1 is 0.645 bits per heavy atom. The van der Waals surface area contributed by atoms with E-state index in [9.17, 15) is 5.11 Å². The highest BCUT2D eigenvalue weighted by atomic mass is 16.3. The maximum atomic E-state index is 9.84. The van der Waals surface area contributed by atoms with Crippen LogP contribution in [-0.4, -0.2) is 59.3 Å². The Morgan fingerprint density at radius 3 is 1.61 bits per heavy atom. The second-order valence-corrected chi connectivity index (χ2v) is 9.19. The molecule has 0 amide bonds. The summed E-state index contributed by atoms with van der Waals surface area (Å²) in [7, 11) is 0. The van der Waals surface area contributed by atoms with E-state index in [4.69, 9.17) is 15.0 Å². The summed E-state index contributed by atoms with van der Waals surface area (Å²) in [6.07, 6.45) is 9.57. The van der Waals surface area contributed by atoms with Crippen molar-refractivity contribution in [3.8, 4) is 5.75 Å². The molecule has 31 heavy (non-hydrogen) atoms. The van der Waals surface area contributed by atoms with E-state index in [1.165, 1.54) is 44.1 Å². The first-order chi connectivity index (χ1) is 15.3. The van der Waals surface area contributed by atoms with Gasteiger partial charge in [0.2, 0.25) is 17.8 Å². The number of hydrogen-bond donors (Lipinski definition) is 1. The number of aromatic hydroxyl groups is 1. The molecule has 4 heterocycles. The summed E-state index contributed by atoms with van der Waals surface area (Å²) in [6, 6.07) is 7.73. The van der Waals surface area contributed by atoms with E-state index in [1.54, 1.807) is 6.07 Å². The van der Waals surface area contributed by atoms with Gasteiger partial charge >= 0.3 is 0 Å². The van der Waals surface area contributed by atoms with Gasteiger partial charge in [0.15, 0.2) is 0 Å². The van der Waals surface area contributed by atoms with Crippen LogP contribution < -0.4 is 14.7 Å². The van der Waals surface area contributed by atoms with Crippen LogP contribution in [0.5, 0.6) is 5.75 Å². The molecule has 5 rings (SSSR count). The van der Waals surface area contributed by atoms with E-state index < -0.39 is 0 Å². The number of piperidine rings is 3. The smallest absolute Gasteiger partial charge is 0.231 e. The lowest BCUT2D eigenvalue weighted by molar-refractivity contribution is 0.467. The second-order valence-electron chi connectivity index (χ2n) is 9.19. The monoisotopic (exact) mass is 422 g/mol. The lowest BCUT2D eigenvalue weighted by atomic mass is 9.89. The van der Waals surface area contributed by atoms with Gasteiger partial charge < -0.3 is 19.8 Å². The molecule has 3 aliphatic heterocycles. The van der Waals surface area contributed by atoms with Crippen molar-refractivity contribution in [3.05, 3.63) is 29.8 Å². The summed E-state index contributed by atoms with van der Waals surface area (Å²) in [6.45, 7) is 6.04. The van der Waals surface area contributed by atoms with Crippen molar-refractivity contribution in [2.45, 2.75) is 57.3 Å². The first kappa shape index (κ1) is 20.3. The van der Waals surface area contributed by atoms with Crippen LogP contribution in [-0.2, 0) is 0 Å². The number of hydrogen-bond acceptors (Lipinski definition) is 7. The minimum atomic E-state index is 0.356. The van der Waals surface area contributed by atoms with Gasteiger partial charge in [-0.25, -0.2) is 0 Å². The largest absolute Gasteiger partial charge is 0.508 e.